The summed E-state index contributed by atoms with van der Waals surface area (Å²) >= 11 is 4.49. The lowest BCUT2D eigenvalue weighted by molar-refractivity contribution is -0.767. The van der Waals surface area contributed by atoms with Gasteiger partial charge in [-0.05, 0) is 35.4 Å². The van der Waals surface area contributed by atoms with Crippen molar-refractivity contribution in [3.63, 3.8) is 0 Å². The van der Waals surface area contributed by atoms with Crippen molar-refractivity contribution in [2.45, 2.75) is 24.9 Å². The highest BCUT2D eigenvalue weighted by Crippen LogP contribution is 2.28. The molecule has 2 saturated heterocycles. The predicted octanol–water partition coefficient (Wildman–Crippen LogP) is 3.14. The first-order valence-corrected chi connectivity index (χ1v) is 13.5. The summed E-state index contributed by atoms with van der Waals surface area (Å²) in [6.45, 7) is 1.74. The van der Waals surface area contributed by atoms with Crippen LogP contribution in [0.1, 0.15) is 17.5 Å². The van der Waals surface area contributed by atoms with E-state index in [-0.39, 0.29) is 55.5 Å². The average Bonchev–Trinajstić information content (AvgIpc) is 3.38. The minimum atomic E-state index is -0.692. The van der Waals surface area contributed by atoms with Crippen molar-refractivity contribution < 1.29 is 38.2 Å². The lowest BCUT2D eigenvalue weighted by atomic mass is 10.2. The van der Waals surface area contributed by atoms with E-state index in [1.54, 1.807) is 4.90 Å². The Morgan fingerprint density at radius 2 is 1.37 bits per heavy atom. The van der Waals surface area contributed by atoms with Crippen molar-refractivity contribution in [3.05, 3.63) is 79.9 Å². The predicted molar refractivity (Wildman–Crippen MR) is 147 cm³/mol. The molecule has 2 aliphatic heterocycles. The second-order valence-electron chi connectivity index (χ2n) is 9.92. The van der Waals surface area contributed by atoms with Gasteiger partial charge in [-0.3, -0.25) is 34.8 Å². The summed E-state index contributed by atoms with van der Waals surface area (Å²) in [5.41, 5.74) is 1.06. The van der Waals surface area contributed by atoms with Crippen molar-refractivity contribution in [3.8, 4) is 0 Å². The molecule has 3 amide bonds. The molecule has 0 aromatic heterocycles. The van der Waals surface area contributed by atoms with Crippen molar-refractivity contribution in [1.82, 2.24) is 9.80 Å². The number of thiol groups is 1. The Morgan fingerprint density at radius 3 is 1.83 bits per heavy atom. The normalized spacial score (nSPS) is 20.8. The van der Waals surface area contributed by atoms with E-state index < -0.39 is 26.4 Å². The Bertz CT molecular complexity index is 1300. The second kappa shape index (κ2) is 13.1. The Morgan fingerprint density at radius 1 is 0.854 bits per heavy atom. The van der Waals surface area contributed by atoms with Gasteiger partial charge in [-0.25, -0.2) is 4.79 Å². The van der Waals surface area contributed by atoms with Crippen LogP contribution in [0.2, 0.25) is 0 Å². The van der Waals surface area contributed by atoms with Gasteiger partial charge < -0.3 is 9.47 Å². The average molecular weight is 589 g/mol. The van der Waals surface area contributed by atoms with Gasteiger partial charge in [0.25, 0.3) is 11.4 Å². The smallest absolute Gasteiger partial charge is 0.460 e. The molecule has 0 bridgehead atoms. The van der Waals surface area contributed by atoms with Crippen molar-refractivity contribution in [2.75, 3.05) is 45.8 Å². The zero-order chi connectivity index (χ0) is 29.6. The number of hydrogen-bond donors (Lipinski definition) is 1. The van der Waals surface area contributed by atoms with E-state index in [0.29, 0.717) is 43.7 Å². The summed E-state index contributed by atoms with van der Waals surface area (Å²) in [6.07, 6.45) is -0.135. The number of urea groups is 1. The number of likely N-dealkylation sites (tertiary alicyclic amines) is 1. The van der Waals surface area contributed by atoms with E-state index in [9.17, 15) is 34.6 Å². The highest BCUT2D eigenvalue weighted by atomic mass is 32.1. The summed E-state index contributed by atoms with van der Waals surface area (Å²) < 4.78 is 10.3. The van der Waals surface area contributed by atoms with Crippen molar-refractivity contribution >= 4 is 42.1 Å². The monoisotopic (exact) mass is 588 g/mol. The number of rotatable bonds is 8. The number of imide groups is 1. The number of nitro benzene ring substituents is 2. The number of quaternary nitrogens is 1. The van der Waals surface area contributed by atoms with Crippen molar-refractivity contribution in [2.24, 2.45) is 0 Å². The number of amides is 3. The second-order valence-corrected chi connectivity index (χ2v) is 10.7. The maximum absolute atomic E-state index is 13.6. The van der Waals surface area contributed by atoms with Crippen LogP contribution in [0.15, 0.2) is 48.5 Å². The fraction of sp³-hybridized carbons (Fsp3) is 0.423. The van der Waals surface area contributed by atoms with Crippen LogP contribution in [0.25, 0.3) is 0 Å². The Hall–Kier alpha value is -4.08. The van der Waals surface area contributed by atoms with Crippen LogP contribution >= 0.6 is 12.6 Å². The fourth-order valence-corrected chi connectivity index (χ4v) is 5.18. The molecule has 4 rings (SSSR count). The quantitative estimate of drug-likeness (QED) is 0.159. The SMILES string of the molecule is O=C(CN1CCN(C(=O)[N+]2(C(=O)OCc3ccc([N+](=O)[O-])cc3)CC[C@H](S)C2)CC1)OCc1ccc([N+](=O)[O-])cc1. The molecule has 2 aromatic rings. The first kappa shape index (κ1) is 29.9. The number of piperazine rings is 1. The molecule has 14 nitrogen and oxygen atoms in total. The van der Waals surface area contributed by atoms with Crippen molar-refractivity contribution in [1.29, 1.82) is 0 Å². The van der Waals surface area contributed by atoms with Gasteiger partial charge in [0, 0.05) is 56.9 Å². The van der Waals surface area contributed by atoms with Gasteiger partial charge in [-0.15, -0.1) is 4.48 Å². The van der Waals surface area contributed by atoms with Gasteiger partial charge in [0.2, 0.25) is 0 Å². The molecule has 218 valence electrons. The molecule has 0 spiro atoms. The standard InChI is InChI=1S/C26H29N5O9S/c32-24(39-17-19-1-5-21(6-2-19)29(35)36)15-27-10-12-28(13-11-27)25(33)31(14-9-23(41)16-31)26(34)40-18-20-3-7-22(8-4-20)30(37)38/h1-8,23H,9-18H2/p+1/t23-,31?/m0/s1. The van der Waals surface area contributed by atoms with Crippen LogP contribution in [0, 0.1) is 20.2 Å². The lowest BCUT2D eigenvalue weighted by Gasteiger charge is -2.37. The minimum Gasteiger partial charge on any atom is -0.460 e. The van der Waals surface area contributed by atoms with Gasteiger partial charge in [0.05, 0.1) is 28.2 Å². The molecule has 1 unspecified atom stereocenters. The third-order valence-corrected chi connectivity index (χ3v) is 7.56. The topological polar surface area (TPSA) is 162 Å². The number of hydrogen-bond acceptors (Lipinski definition) is 11. The summed E-state index contributed by atoms with van der Waals surface area (Å²) in [5.74, 6) is -0.459. The molecule has 2 atom stereocenters. The van der Waals surface area contributed by atoms with Crippen LogP contribution < -0.4 is 0 Å². The van der Waals surface area contributed by atoms with Gasteiger partial charge in [0.15, 0.2) is 0 Å². The molecular weight excluding hydrogens is 558 g/mol. The lowest BCUT2D eigenvalue weighted by Crippen LogP contribution is -2.63. The molecule has 2 heterocycles. The Labute approximate surface area is 240 Å². The molecule has 15 heteroatoms. The van der Waals surface area contributed by atoms with Crippen LogP contribution in [0.4, 0.5) is 21.0 Å². The van der Waals surface area contributed by atoms with Gasteiger partial charge in [-0.2, -0.15) is 17.4 Å². The number of benzene rings is 2. The van der Waals surface area contributed by atoms with Crippen LogP contribution in [0.3, 0.4) is 0 Å². The number of carbonyl (C=O) groups excluding carboxylic acids is 3. The molecule has 2 fully saturated rings. The highest BCUT2D eigenvalue weighted by Gasteiger charge is 2.54. The molecule has 0 radical (unpaired) electrons. The summed E-state index contributed by atoms with van der Waals surface area (Å²) in [4.78, 5) is 63.3. The summed E-state index contributed by atoms with van der Waals surface area (Å²) in [5, 5.41) is 21.5. The summed E-state index contributed by atoms with van der Waals surface area (Å²) in [7, 11) is 0. The van der Waals surface area contributed by atoms with E-state index in [0.717, 1.165) is 0 Å². The summed E-state index contributed by atoms with van der Waals surface area (Å²) in [6, 6.07) is 11.0. The van der Waals surface area contributed by atoms with E-state index in [1.807, 2.05) is 4.90 Å². The number of ether oxygens (including phenoxy) is 2. The van der Waals surface area contributed by atoms with Gasteiger partial charge in [0.1, 0.15) is 19.8 Å². The molecule has 2 aliphatic rings. The van der Waals surface area contributed by atoms with Gasteiger partial charge in [-0.1, -0.05) is 0 Å². The van der Waals surface area contributed by atoms with Crippen LogP contribution in [0.5, 0.6) is 0 Å². The molecule has 0 N–H and O–H groups in total. The van der Waals surface area contributed by atoms with E-state index in [4.69, 9.17) is 9.47 Å². The van der Waals surface area contributed by atoms with Crippen LogP contribution in [-0.2, 0) is 27.5 Å². The Balaban J connectivity index is 1.28. The number of non-ortho nitro benzene ring substituents is 2. The first-order valence-electron chi connectivity index (χ1n) is 12.9. The number of carbonyl (C=O) groups is 3. The van der Waals surface area contributed by atoms with E-state index in [2.05, 4.69) is 12.6 Å². The highest BCUT2D eigenvalue weighted by molar-refractivity contribution is 7.81. The minimum absolute atomic E-state index is 0.0117. The fourth-order valence-electron chi connectivity index (χ4n) is 4.79. The van der Waals surface area contributed by atoms with E-state index >= 15 is 0 Å². The molecular formula is C26H30N5O9S+. The molecule has 2 aromatic carbocycles. The van der Waals surface area contributed by atoms with E-state index in [1.165, 1.54) is 48.5 Å². The maximum atomic E-state index is 13.6. The molecule has 41 heavy (non-hydrogen) atoms. The third-order valence-electron chi connectivity index (χ3n) is 7.13. The number of nitro groups is 2. The number of nitrogens with zero attached hydrogens (tertiary/aromatic N) is 5. The third kappa shape index (κ3) is 7.36. The van der Waals surface area contributed by atoms with Crippen LogP contribution in [-0.4, -0.2) is 93.3 Å². The van der Waals surface area contributed by atoms with Gasteiger partial charge >= 0.3 is 18.1 Å². The Kier molecular flexibility index (Phi) is 9.52. The molecule has 0 aliphatic carbocycles. The maximum Gasteiger partial charge on any atom is 0.525 e. The first-order chi connectivity index (χ1) is 19.6. The zero-order valence-electron chi connectivity index (χ0n) is 22.1. The number of esters is 1. The molecule has 0 saturated carbocycles. The zero-order valence-corrected chi connectivity index (χ0v) is 23.0. The largest absolute Gasteiger partial charge is 0.525 e.